The summed E-state index contributed by atoms with van der Waals surface area (Å²) in [5.74, 6) is 5.39. The van der Waals surface area contributed by atoms with Crippen molar-refractivity contribution in [1.82, 2.24) is 9.31 Å². The van der Waals surface area contributed by atoms with E-state index in [-0.39, 0.29) is 12.3 Å². The third-order valence-electron chi connectivity index (χ3n) is 5.96. The second-order valence-corrected chi connectivity index (χ2v) is 9.92. The molecule has 2 unspecified atom stereocenters. The molecule has 2 atom stereocenters. The Morgan fingerprint density at radius 3 is 2.69 bits per heavy atom. The van der Waals surface area contributed by atoms with Crippen molar-refractivity contribution < 1.29 is 18.8 Å². The highest BCUT2D eigenvalue weighted by molar-refractivity contribution is 7.82. The van der Waals surface area contributed by atoms with Crippen molar-refractivity contribution in [1.29, 1.82) is 0 Å². The van der Waals surface area contributed by atoms with Gasteiger partial charge in [0, 0.05) is 31.5 Å². The van der Waals surface area contributed by atoms with E-state index in [2.05, 4.69) is 0 Å². The number of allylic oxidation sites excluding steroid dienone is 1. The van der Waals surface area contributed by atoms with Crippen molar-refractivity contribution in [2.24, 2.45) is 11.6 Å². The van der Waals surface area contributed by atoms with Gasteiger partial charge in [-0.3, -0.25) is 4.79 Å². The third kappa shape index (κ3) is 8.36. The SMILES string of the molecule is CC.CCN(N)/C=C(\N)CCC(CC(=O)O)c1ccc(C)c(CN2CCOc3ccccc3S2=O)c1. The number of fused-ring (bicyclic) bond motifs is 1. The van der Waals surface area contributed by atoms with E-state index >= 15 is 0 Å². The van der Waals surface area contributed by atoms with Crippen LogP contribution in [0.1, 0.15) is 62.6 Å². The molecule has 9 heteroatoms. The number of rotatable bonds is 10. The molecule has 0 bridgehead atoms. The first-order valence-corrected chi connectivity index (χ1v) is 13.6. The van der Waals surface area contributed by atoms with E-state index in [1.165, 1.54) is 5.01 Å². The molecule has 36 heavy (non-hydrogen) atoms. The third-order valence-corrected chi connectivity index (χ3v) is 7.45. The lowest BCUT2D eigenvalue weighted by Gasteiger charge is -2.22. The van der Waals surface area contributed by atoms with Gasteiger partial charge >= 0.3 is 5.97 Å². The Bertz CT molecular complexity index is 1060. The second-order valence-electron chi connectivity index (χ2n) is 8.46. The molecule has 0 aromatic heterocycles. The number of carboxylic acid groups (broad SMARTS) is 1. The molecule has 1 aliphatic rings. The first kappa shape index (κ1) is 29.4. The minimum Gasteiger partial charge on any atom is -0.491 e. The van der Waals surface area contributed by atoms with Gasteiger partial charge in [0.2, 0.25) is 0 Å². The van der Waals surface area contributed by atoms with Crippen molar-refractivity contribution >= 4 is 17.0 Å². The topological polar surface area (TPSA) is 122 Å². The van der Waals surface area contributed by atoms with Crippen molar-refractivity contribution in [3.05, 3.63) is 71.1 Å². The lowest BCUT2D eigenvalue weighted by atomic mass is 9.88. The Hall–Kier alpha value is -2.88. The van der Waals surface area contributed by atoms with E-state index in [1.54, 1.807) is 6.20 Å². The summed E-state index contributed by atoms with van der Waals surface area (Å²) in [6, 6.07) is 13.4. The first-order chi connectivity index (χ1) is 17.3. The van der Waals surface area contributed by atoms with Gasteiger partial charge in [-0.15, -0.1) is 0 Å². The van der Waals surface area contributed by atoms with Crippen LogP contribution in [0.3, 0.4) is 0 Å². The van der Waals surface area contributed by atoms with E-state index in [4.69, 9.17) is 16.3 Å². The molecule has 198 valence electrons. The van der Waals surface area contributed by atoms with E-state index < -0.39 is 17.0 Å². The number of carboxylic acids is 1. The average molecular weight is 517 g/mol. The molecule has 5 N–H and O–H groups in total. The van der Waals surface area contributed by atoms with E-state index in [0.29, 0.717) is 55.4 Å². The molecular formula is C27H40N4O4S. The number of nitrogens with zero attached hydrogens (tertiary/aromatic N) is 2. The van der Waals surface area contributed by atoms with Crippen molar-refractivity contribution in [2.75, 3.05) is 19.7 Å². The normalized spacial score (nSPS) is 16.6. The molecule has 0 spiro atoms. The fraction of sp³-hybridized carbons (Fsp3) is 0.444. The van der Waals surface area contributed by atoms with Crippen LogP contribution < -0.4 is 16.3 Å². The van der Waals surface area contributed by atoms with Gasteiger partial charge in [0.1, 0.15) is 23.3 Å². The quantitative estimate of drug-likeness (QED) is 0.318. The summed E-state index contributed by atoms with van der Waals surface area (Å²) in [4.78, 5) is 12.2. The largest absolute Gasteiger partial charge is 0.491 e. The van der Waals surface area contributed by atoms with Gasteiger partial charge in [0.25, 0.3) is 0 Å². The maximum atomic E-state index is 13.3. The summed E-state index contributed by atoms with van der Waals surface area (Å²) in [5.41, 5.74) is 9.73. The Labute approximate surface area is 217 Å². The van der Waals surface area contributed by atoms with E-state index in [0.717, 1.165) is 16.7 Å². The monoisotopic (exact) mass is 516 g/mol. The van der Waals surface area contributed by atoms with Crippen molar-refractivity contribution in [2.45, 2.75) is 64.3 Å². The first-order valence-electron chi connectivity index (χ1n) is 12.5. The predicted octanol–water partition coefficient (Wildman–Crippen LogP) is 4.27. The highest BCUT2D eigenvalue weighted by Crippen LogP contribution is 2.31. The zero-order valence-electron chi connectivity index (χ0n) is 21.8. The molecule has 0 fully saturated rings. The Morgan fingerprint density at radius 2 is 2.00 bits per heavy atom. The van der Waals surface area contributed by atoms with Crippen molar-refractivity contribution in [3.8, 4) is 5.75 Å². The van der Waals surface area contributed by atoms with Gasteiger partial charge in [-0.25, -0.2) is 14.4 Å². The van der Waals surface area contributed by atoms with Crippen LogP contribution >= 0.6 is 0 Å². The van der Waals surface area contributed by atoms with Crippen LogP contribution in [0, 0.1) is 6.92 Å². The molecule has 0 radical (unpaired) electrons. The summed E-state index contributed by atoms with van der Waals surface area (Å²) >= 11 is 0. The van der Waals surface area contributed by atoms with Crippen LogP contribution in [-0.4, -0.2) is 44.3 Å². The number of aliphatic carboxylic acids is 1. The highest BCUT2D eigenvalue weighted by Gasteiger charge is 2.24. The maximum absolute atomic E-state index is 13.3. The van der Waals surface area contributed by atoms with Crippen molar-refractivity contribution in [3.63, 3.8) is 0 Å². The fourth-order valence-electron chi connectivity index (χ4n) is 3.94. The minimum atomic E-state index is -1.35. The Balaban J connectivity index is 0.00000222. The summed E-state index contributed by atoms with van der Waals surface area (Å²) in [6.45, 7) is 10.0. The summed E-state index contributed by atoms with van der Waals surface area (Å²) < 4.78 is 20.9. The van der Waals surface area contributed by atoms with Crippen LogP contribution in [0.2, 0.25) is 0 Å². The van der Waals surface area contributed by atoms with Gasteiger partial charge in [-0.1, -0.05) is 44.2 Å². The molecule has 0 amide bonds. The smallest absolute Gasteiger partial charge is 0.303 e. The maximum Gasteiger partial charge on any atom is 0.303 e. The zero-order valence-corrected chi connectivity index (χ0v) is 22.6. The molecule has 0 saturated heterocycles. The molecule has 0 saturated carbocycles. The lowest BCUT2D eigenvalue weighted by molar-refractivity contribution is -0.137. The van der Waals surface area contributed by atoms with Gasteiger partial charge in [0.05, 0.1) is 11.3 Å². The van der Waals surface area contributed by atoms with Gasteiger partial charge in [-0.2, -0.15) is 0 Å². The molecule has 2 aromatic rings. The fourth-order valence-corrected chi connectivity index (χ4v) is 5.21. The predicted molar refractivity (Wildman–Crippen MR) is 144 cm³/mol. The summed E-state index contributed by atoms with van der Waals surface area (Å²) in [7, 11) is -1.35. The molecule has 8 nitrogen and oxygen atoms in total. The number of benzene rings is 2. The number of hydrogen-bond donors (Lipinski definition) is 3. The number of carbonyl (C=O) groups is 1. The average Bonchev–Trinajstić information content (AvgIpc) is 3.02. The molecule has 3 rings (SSSR count). The second kappa shape index (κ2) is 14.6. The number of hydrogen-bond acceptors (Lipinski definition) is 6. The number of hydrazine groups is 1. The van der Waals surface area contributed by atoms with Gasteiger partial charge in [-0.05, 0) is 61.4 Å². The number of para-hydroxylation sites is 1. The minimum absolute atomic E-state index is 0.00670. The molecule has 0 aliphatic carbocycles. The lowest BCUT2D eigenvalue weighted by Crippen LogP contribution is -2.28. The zero-order chi connectivity index (χ0) is 26.7. The highest BCUT2D eigenvalue weighted by atomic mass is 32.2. The Morgan fingerprint density at radius 1 is 1.28 bits per heavy atom. The van der Waals surface area contributed by atoms with E-state index in [1.807, 2.05) is 74.5 Å². The number of nitrogens with two attached hydrogens (primary N) is 2. The van der Waals surface area contributed by atoms with Crippen LogP contribution in [0.25, 0.3) is 0 Å². The molecule has 2 aromatic carbocycles. The van der Waals surface area contributed by atoms with Gasteiger partial charge in [0.15, 0.2) is 0 Å². The summed E-state index contributed by atoms with van der Waals surface area (Å²) in [6.07, 6.45) is 2.82. The van der Waals surface area contributed by atoms with Crippen LogP contribution in [0.5, 0.6) is 5.75 Å². The van der Waals surface area contributed by atoms with E-state index in [9.17, 15) is 14.1 Å². The van der Waals surface area contributed by atoms with Crippen LogP contribution in [0.4, 0.5) is 0 Å². The molecule has 1 heterocycles. The number of ether oxygens (including phenoxy) is 1. The standard InChI is InChI=1S/C25H34N4O4S.C2H6/c1-3-28(27)17-22(26)11-10-20(15-25(30)31)19-9-8-18(2)21(14-19)16-29-12-13-33-23-6-4-5-7-24(23)34(29)32;1-2/h4-9,14,17,20H,3,10-13,15-16,26-27H2,1-2H3,(H,30,31);1-2H3/b22-17-;. The summed E-state index contributed by atoms with van der Waals surface area (Å²) in [5, 5.41) is 11.0. The van der Waals surface area contributed by atoms with Crippen LogP contribution in [-0.2, 0) is 22.3 Å². The molecule has 1 aliphatic heterocycles. The molecular weight excluding hydrogens is 476 g/mol. The van der Waals surface area contributed by atoms with Crippen LogP contribution in [0.15, 0.2) is 59.3 Å². The Kier molecular flexibility index (Phi) is 11.9. The van der Waals surface area contributed by atoms with Gasteiger partial charge < -0.3 is 20.6 Å². The number of aryl methyl sites for hydroxylation is 1.